The van der Waals surface area contributed by atoms with E-state index in [2.05, 4.69) is 493 Å². The highest BCUT2D eigenvalue weighted by Crippen LogP contribution is 2.52. The first-order chi connectivity index (χ1) is 70.0. The highest BCUT2D eigenvalue weighted by molar-refractivity contribution is 7.30. The number of para-hydroxylation sites is 11. The number of anilines is 9. The molecule has 0 radical (unpaired) electrons. The summed E-state index contributed by atoms with van der Waals surface area (Å²) in [6.07, 6.45) is 3.69. The van der Waals surface area contributed by atoms with Gasteiger partial charge in [-0.05, 0) is 228 Å². The average Bonchev–Trinajstić information content (AvgIpc) is 1.53. The van der Waals surface area contributed by atoms with Gasteiger partial charge in [-0.3, -0.25) is 38.0 Å². The maximum absolute atomic E-state index is 6.55. The van der Waals surface area contributed by atoms with E-state index in [9.17, 15) is 0 Å². The van der Waals surface area contributed by atoms with Crippen LogP contribution in [0.25, 0.3) is 151 Å². The molecule has 0 spiro atoms. The van der Waals surface area contributed by atoms with E-state index in [1.807, 2.05) is 52.3 Å². The molecule has 0 saturated heterocycles. The van der Waals surface area contributed by atoms with Crippen molar-refractivity contribution in [3.05, 3.63) is 480 Å². The molecule has 0 aliphatic carbocycles. The van der Waals surface area contributed by atoms with Crippen LogP contribution in [0.1, 0.15) is 0 Å². The predicted octanol–water partition coefficient (Wildman–Crippen LogP) is 27.7. The molecule has 0 atom stereocenters. The van der Waals surface area contributed by atoms with Gasteiger partial charge < -0.3 is 8.83 Å². The summed E-state index contributed by atoms with van der Waals surface area (Å²) in [4.78, 5) is 11.9. The Labute approximate surface area is 824 Å². The van der Waals surface area contributed by atoms with Crippen LogP contribution in [-0.2, 0) is 0 Å². The average molecular weight is 1850 g/mol. The van der Waals surface area contributed by atoms with Gasteiger partial charge in [0.15, 0.2) is 0 Å². The van der Waals surface area contributed by atoms with Crippen LogP contribution in [0.4, 0.5) is 50.3 Å². The summed E-state index contributed by atoms with van der Waals surface area (Å²) < 4.78 is 27.9. The van der Waals surface area contributed by atoms with E-state index < -0.39 is 0 Å². The summed E-state index contributed by atoms with van der Waals surface area (Å²) in [7, 11) is 0. The normalized spacial score (nSPS) is 12.7. The maximum atomic E-state index is 6.55. The van der Waals surface area contributed by atoms with Crippen LogP contribution >= 0.6 is 34.0 Å². The molecule has 0 amide bonds. The molecule has 141 heavy (non-hydrogen) atoms. The quantitative estimate of drug-likeness (QED) is 0.127. The van der Waals surface area contributed by atoms with Gasteiger partial charge in [-0.2, -0.15) is 0 Å². The largest absolute Gasteiger partial charge is 0.456 e. The van der Waals surface area contributed by atoms with E-state index in [0.29, 0.717) is 0 Å². The molecule has 13 heterocycles. The Balaban J connectivity index is 0.000000102. The minimum Gasteiger partial charge on any atom is -0.456 e. The SMILES string of the molecule is c1ccc(B2c3c(sc4ccccc34)N(c3ccc4oc5ccncc5c4c3)c3sc4ccccc4c32)cc1.c1ccc(N2c3c(c4ccccc4n3-c3ccccc3)B(c3ccc4c(c3)oc3ccccc34)c3c2n(-c2ccccc2)c2ccccc32)cc1.c1ccc(N2c3c(c4ccccc4n3-c3ccccc3)B(c3ccc4sc5ccccc5c4c3)c3c2n(-c2ccccc2)c2ccccc32)cc1. The molecular formula is C125H79B3N8O2S3. The van der Waals surface area contributed by atoms with E-state index in [1.165, 1.54) is 155 Å². The lowest BCUT2D eigenvalue weighted by Gasteiger charge is -2.36. The molecule has 31 rings (SSSR count). The minimum absolute atomic E-state index is 0.0391. The van der Waals surface area contributed by atoms with Gasteiger partial charge >= 0.3 is 0 Å². The fraction of sp³-hybridized carbons (Fsp3) is 0. The number of fused-ring (bicyclic) bond motifs is 27. The van der Waals surface area contributed by atoms with Crippen molar-refractivity contribution in [2.75, 3.05) is 14.7 Å². The Kier molecular flexibility index (Phi) is 18.7. The smallest absolute Gasteiger partial charge is 0.252 e. The number of rotatable bonds is 10. The highest BCUT2D eigenvalue weighted by Gasteiger charge is 2.48. The fourth-order valence-corrected chi connectivity index (χ4v) is 26.9. The van der Waals surface area contributed by atoms with Crippen molar-refractivity contribution in [1.29, 1.82) is 0 Å². The van der Waals surface area contributed by atoms with E-state index in [4.69, 9.17) is 8.83 Å². The van der Waals surface area contributed by atoms with Gasteiger partial charge in [0.25, 0.3) is 20.1 Å². The molecule has 0 bridgehead atoms. The molecule has 0 saturated carbocycles. The molecule has 0 unspecified atom stereocenters. The van der Waals surface area contributed by atoms with Crippen molar-refractivity contribution in [1.82, 2.24) is 23.3 Å². The Morgan fingerprint density at radius 2 is 0.525 bits per heavy atom. The Morgan fingerprint density at radius 1 is 0.191 bits per heavy atom. The van der Waals surface area contributed by atoms with Gasteiger partial charge in [0.2, 0.25) is 0 Å². The summed E-state index contributed by atoms with van der Waals surface area (Å²) in [5, 5.41) is 17.3. The Hall–Kier alpha value is -17.4. The number of hydrogen-bond acceptors (Lipinski definition) is 9. The summed E-state index contributed by atoms with van der Waals surface area (Å²) in [5.41, 5.74) is 28.0. The topological polar surface area (TPSA) is 68.6 Å². The van der Waals surface area contributed by atoms with Crippen LogP contribution in [0.3, 0.4) is 0 Å². The van der Waals surface area contributed by atoms with Crippen molar-refractivity contribution < 1.29 is 8.83 Å². The van der Waals surface area contributed by atoms with Crippen LogP contribution in [0.5, 0.6) is 0 Å². The molecule has 10 nitrogen and oxygen atoms in total. The van der Waals surface area contributed by atoms with Crippen LogP contribution in [0, 0.1) is 0 Å². The number of pyridine rings is 1. The van der Waals surface area contributed by atoms with Crippen molar-refractivity contribution in [3.63, 3.8) is 0 Å². The van der Waals surface area contributed by atoms with Gasteiger partial charge in [-0.15, -0.1) is 34.0 Å². The molecular weight excluding hydrogens is 1770 g/mol. The van der Waals surface area contributed by atoms with E-state index in [0.717, 1.165) is 95.3 Å². The zero-order chi connectivity index (χ0) is 92.4. The zero-order valence-corrected chi connectivity index (χ0v) is 78.4. The molecule has 28 aromatic rings. The molecule has 0 N–H and O–H groups in total. The maximum Gasteiger partial charge on any atom is 0.252 e. The highest BCUT2D eigenvalue weighted by atomic mass is 32.1. The third-order valence-corrected chi connectivity index (χ3v) is 32.5. The third-order valence-electron chi connectivity index (χ3n) is 29.0. The number of furan rings is 2. The lowest BCUT2D eigenvalue weighted by atomic mass is 9.35. The van der Waals surface area contributed by atoms with E-state index >= 15 is 0 Å². The standard InChI is InChI=1S/C46H30BN3O.C46H30BN3S.C33H19BN2OS2/c1-4-16-32(17-5-1)48-39-25-13-10-23-37(39)43-45(48)50(34-20-8-3-9-21-34)46-44(38-24-11-14-26-40(38)49(46)33-18-6-2-7-19-33)47(43)31-28-29-36-35-22-12-15-27-41(35)51-42(36)30-31;1-4-16-32(17-5-1)48-39-25-13-10-23-36(39)43-45(48)50(34-20-8-3-9-21-34)46-44(37-24-11-14-26-40(37)49(46)33-18-6-2-7-19-33)47(43)31-28-29-42-38(30-31)35-22-12-15-27-41(35)51-42;1-2-8-20(9-3-1)34-30-22-10-4-6-12-28(22)38-32(30)36(33-31(34)23-11-5-7-13-29(23)39-33)21-14-15-26-24(18-21)25-19-35-17-16-27(25)37-26/h2*1-30H;1-19H. The lowest BCUT2D eigenvalue weighted by molar-refractivity contribution is 0.668. The van der Waals surface area contributed by atoms with Crippen molar-refractivity contribution in [2.45, 2.75) is 0 Å². The van der Waals surface area contributed by atoms with Gasteiger partial charge in [0.05, 0.1) is 32.1 Å². The number of benzene rings is 18. The molecule has 3 aliphatic rings. The molecule has 3 aliphatic heterocycles. The molecule has 16 heteroatoms. The molecule has 658 valence electrons. The van der Waals surface area contributed by atoms with Crippen LogP contribution in [-0.4, -0.2) is 43.4 Å². The second-order valence-corrected chi connectivity index (χ2v) is 39.7. The van der Waals surface area contributed by atoms with Gasteiger partial charge in [-0.1, -0.05) is 326 Å². The molecule has 18 aromatic carbocycles. The summed E-state index contributed by atoms with van der Waals surface area (Å²) in [6.45, 7) is 0.0162. The number of thiophene rings is 3. The van der Waals surface area contributed by atoms with Crippen molar-refractivity contribution in [2.24, 2.45) is 0 Å². The van der Waals surface area contributed by atoms with Crippen LogP contribution in [0.15, 0.2) is 488 Å². The molecule has 0 fully saturated rings. The van der Waals surface area contributed by atoms with E-state index in [1.54, 1.807) is 6.20 Å². The monoisotopic (exact) mass is 1850 g/mol. The first-order valence-corrected chi connectivity index (χ1v) is 50.4. The second kappa shape index (κ2) is 32.7. The molecule has 10 aromatic heterocycles. The number of aromatic nitrogens is 5. The summed E-state index contributed by atoms with van der Waals surface area (Å²) in [6, 6.07) is 169. The Bertz CT molecular complexity index is 9500. The predicted molar refractivity (Wildman–Crippen MR) is 600 cm³/mol. The zero-order valence-electron chi connectivity index (χ0n) is 76.0. The van der Waals surface area contributed by atoms with Crippen molar-refractivity contribution >= 4 is 281 Å². The second-order valence-electron chi connectivity index (χ2n) is 36.6. The fourth-order valence-electron chi connectivity index (χ4n) is 23.2. The minimum atomic E-state index is -0.0997. The summed E-state index contributed by atoms with van der Waals surface area (Å²) >= 11 is 5.64. The third kappa shape index (κ3) is 12.6. The van der Waals surface area contributed by atoms with Gasteiger partial charge in [0, 0.05) is 97.9 Å². The van der Waals surface area contributed by atoms with Crippen LogP contribution in [0.2, 0.25) is 0 Å². The van der Waals surface area contributed by atoms with Gasteiger partial charge in [-0.25, -0.2) is 0 Å². The first-order valence-electron chi connectivity index (χ1n) is 48.0. The number of hydrogen-bond donors (Lipinski definition) is 0. The van der Waals surface area contributed by atoms with Gasteiger partial charge in [0.1, 0.15) is 45.6 Å². The Morgan fingerprint density at radius 3 is 0.986 bits per heavy atom. The van der Waals surface area contributed by atoms with E-state index in [-0.39, 0.29) is 20.1 Å². The van der Waals surface area contributed by atoms with Crippen LogP contribution < -0.4 is 63.9 Å². The lowest BCUT2D eigenvalue weighted by Crippen LogP contribution is -2.57. The number of nitrogens with zero attached hydrogens (tertiary/aromatic N) is 8. The first kappa shape index (κ1) is 80.8. The summed E-state index contributed by atoms with van der Waals surface area (Å²) in [5.74, 6) is 4.61. The van der Waals surface area contributed by atoms with Crippen molar-refractivity contribution in [3.8, 4) is 22.7 Å².